The van der Waals surface area contributed by atoms with Crippen molar-refractivity contribution in [1.29, 1.82) is 0 Å². The molecule has 0 amide bonds. The van der Waals surface area contributed by atoms with Gasteiger partial charge in [-0.05, 0) is 37.6 Å². The van der Waals surface area contributed by atoms with Gasteiger partial charge in [0.1, 0.15) is 5.75 Å². The molecule has 1 saturated heterocycles. The molecule has 1 aromatic carbocycles. The van der Waals surface area contributed by atoms with E-state index in [-0.39, 0.29) is 5.75 Å². The van der Waals surface area contributed by atoms with Crippen LogP contribution in [0.5, 0.6) is 5.75 Å². The summed E-state index contributed by atoms with van der Waals surface area (Å²) in [6.45, 7) is 7.30. The zero-order valence-corrected chi connectivity index (χ0v) is 16.2. The van der Waals surface area contributed by atoms with Gasteiger partial charge in [0.25, 0.3) is 0 Å². The van der Waals surface area contributed by atoms with E-state index >= 15 is 0 Å². The molecule has 9 heteroatoms. The molecule has 0 aromatic heterocycles. The van der Waals surface area contributed by atoms with Crippen LogP contribution in [-0.4, -0.2) is 69.6 Å². The molecule has 0 spiro atoms. The number of benzene rings is 1. The highest BCUT2D eigenvalue weighted by molar-refractivity contribution is 5.79. The summed E-state index contributed by atoms with van der Waals surface area (Å²) < 4.78 is 46.6. The number of hydrogen-bond acceptors (Lipinski definition) is 4. The third-order valence-electron chi connectivity index (χ3n) is 4.14. The molecule has 0 aliphatic carbocycles. The average Bonchev–Trinajstić information content (AvgIpc) is 2.68. The lowest BCUT2D eigenvalue weighted by Gasteiger charge is -2.26. The second-order valence-corrected chi connectivity index (χ2v) is 6.48. The Morgan fingerprint density at radius 2 is 1.89 bits per heavy atom. The fourth-order valence-electron chi connectivity index (χ4n) is 2.70. The SMILES string of the molecule is CCNC(=NCc1ccc(OCC(F)(F)F)cc1)NCCCN1CCOCC1. The van der Waals surface area contributed by atoms with Crippen LogP contribution in [0.3, 0.4) is 0 Å². The normalized spacial score (nSPS) is 16.1. The highest BCUT2D eigenvalue weighted by Gasteiger charge is 2.28. The number of nitrogens with one attached hydrogen (secondary N) is 2. The van der Waals surface area contributed by atoms with Crippen LogP contribution in [0.2, 0.25) is 0 Å². The molecule has 1 aromatic rings. The van der Waals surface area contributed by atoms with Crippen molar-refractivity contribution in [2.24, 2.45) is 4.99 Å². The number of rotatable bonds is 9. The molecule has 0 saturated carbocycles. The quantitative estimate of drug-likeness (QED) is 0.377. The van der Waals surface area contributed by atoms with Crippen molar-refractivity contribution >= 4 is 5.96 Å². The highest BCUT2D eigenvalue weighted by atomic mass is 19.4. The van der Waals surface area contributed by atoms with Gasteiger partial charge in [-0.1, -0.05) is 12.1 Å². The maximum atomic E-state index is 12.2. The van der Waals surface area contributed by atoms with Gasteiger partial charge in [-0.3, -0.25) is 4.90 Å². The molecule has 6 nitrogen and oxygen atoms in total. The number of ether oxygens (including phenoxy) is 2. The fraction of sp³-hybridized carbons (Fsp3) is 0.632. The van der Waals surface area contributed by atoms with Gasteiger partial charge in [-0.15, -0.1) is 0 Å². The van der Waals surface area contributed by atoms with Gasteiger partial charge >= 0.3 is 6.18 Å². The predicted molar refractivity (Wildman–Crippen MR) is 103 cm³/mol. The molecule has 2 rings (SSSR count). The Bertz CT molecular complexity index is 588. The molecule has 0 atom stereocenters. The highest BCUT2D eigenvalue weighted by Crippen LogP contribution is 2.19. The number of aliphatic imine (C=N–C) groups is 1. The summed E-state index contributed by atoms with van der Waals surface area (Å²) in [6.07, 6.45) is -3.33. The zero-order valence-electron chi connectivity index (χ0n) is 16.2. The molecular formula is C19H29F3N4O2. The average molecular weight is 402 g/mol. The van der Waals surface area contributed by atoms with Crippen molar-refractivity contribution < 1.29 is 22.6 Å². The topological polar surface area (TPSA) is 58.1 Å². The van der Waals surface area contributed by atoms with E-state index < -0.39 is 12.8 Å². The lowest BCUT2D eigenvalue weighted by molar-refractivity contribution is -0.153. The third kappa shape index (κ3) is 9.27. The summed E-state index contributed by atoms with van der Waals surface area (Å²) in [4.78, 5) is 6.91. The molecule has 158 valence electrons. The second kappa shape index (κ2) is 11.8. The van der Waals surface area contributed by atoms with Gasteiger partial charge in [0.2, 0.25) is 0 Å². The summed E-state index contributed by atoms with van der Waals surface area (Å²) >= 11 is 0. The van der Waals surface area contributed by atoms with Crippen molar-refractivity contribution in [3.63, 3.8) is 0 Å². The fourth-order valence-corrected chi connectivity index (χ4v) is 2.70. The molecular weight excluding hydrogens is 373 g/mol. The lowest BCUT2D eigenvalue weighted by atomic mass is 10.2. The number of morpholine rings is 1. The van der Waals surface area contributed by atoms with Crippen molar-refractivity contribution in [2.75, 3.05) is 52.5 Å². The molecule has 0 radical (unpaired) electrons. The molecule has 1 heterocycles. The number of hydrogen-bond donors (Lipinski definition) is 2. The molecule has 2 N–H and O–H groups in total. The van der Waals surface area contributed by atoms with Crippen LogP contribution >= 0.6 is 0 Å². The van der Waals surface area contributed by atoms with Crippen LogP contribution in [-0.2, 0) is 11.3 Å². The first kappa shape index (κ1) is 22.3. The summed E-state index contributed by atoms with van der Waals surface area (Å²) in [5, 5.41) is 6.51. The second-order valence-electron chi connectivity index (χ2n) is 6.48. The van der Waals surface area contributed by atoms with Crippen LogP contribution in [0.4, 0.5) is 13.2 Å². The van der Waals surface area contributed by atoms with Gasteiger partial charge in [0.05, 0.1) is 19.8 Å². The van der Waals surface area contributed by atoms with E-state index in [9.17, 15) is 13.2 Å². The van der Waals surface area contributed by atoms with E-state index in [0.717, 1.165) is 63.9 Å². The zero-order chi connectivity index (χ0) is 20.2. The standard InChI is InChI=1S/C19H29F3N4O2/c1-2-23-18(24-8-3-9-26-10-12-27-13-11-26)25-14-16-4-6-17(7-5-16)28-15-19(20,21)22/h4-7H,2-3,8-15H2,1H3,(H2,23,24,25). The molecule has 0 bridgehead atoms. The Hall–Kier alpha value is -2.00. The molecule has 1 aliphatic heterocycles. The Morgan fingerprint density at radius 1 is 1.18 bits per heavy atom. The monoisotopic (exact) mass is 402 g/mol. The van der Waals surface area contributed by atoms with E-state index in [1.807, 2.05) is 6.92 Å². The van der Waals surface area contributed by atoms with Crippen LogP contribution in [0.15, 0.2) is 29.3 Å². The van der Waals surface area contributed by atoms with Crippen molar-refractivity contribution in [3.8, 4) is 5.75 Å². The molecule has 0 unspecified atom stereocenters. The van der Waals surface area contributed by atoms with E-state index in [1.54, 1.807) is 12.1 Å². The summed E-state index contributed by atoms with van der Waals surface area (Å²) in [7, 11) is 0. The number of guanidine groups is 1. The largest absolute Gasteiger partial charge is 0.484 e. The first-order valence-electron chi connectivity index (χ1n) is 9.57. The number of nitrogens with zero attached hydrogens (tertiary/aromatic N) is 2. The van der Waals surface area contributed by atoms with Crippen molar-refractivity contribution in [3.05, 3.63) is 29.8 Å². The maximum absolute atomic E-state index is 12.2. The maximum Gasteiger partial charge on any atom is 0.422 e. The Labute approximate surface area is 164 Å². The van der Waals surface area contributed by atoms with Gasteiger partial charge in [0.15, 0.2) is 12.6 Å². The lowest BCUT2D eigenvalue weighted by Crippen LogP contribution is -2.40. The predicted octanol–water partition coefficient (Wildman–Crippen LogP) is 2.41. The van der Waals surface area contributed by atoms with Gasteiger partial charge in [-0.2, -0.15) is 13.2 Å². The van der Waals surface area contributed by atoms with Crippen LogP contribution < -0.4 is 15.4 Å². The minimum absolute atomic E-state index is 0.193. The van der Waals surface area contributed by atoms with E-state index in [4.69, 9.17) is 9.47 Å². The number of halogens is 3. The Morgan fingerprint density at radius 3 is 2.54 bits per heavy atom. The summed E-state index contributed by atoms with van der Waals surface area (Å²) in [5.74, 6) is 0.917. The van der Waals surface area contributed by atoms with Gasteiger partial charge < -0.3 is 20.1 Å². The molecule has 28 heavy (non-hydrogen) atoms. The smallest absolute Gasteiger partial charge is 0.422 e. The minimum atomic E-state index is -4.34. The van der Waals surface area contributed by atoms with Crippen molar-refractivity contribution in [2.45, 2.75) is 26.1 Å². The van der Waals surface area contributed by atoms with E-state index in [1.165, 1.54) is 12.1 Å². The van der Waals surface area contributed by atoms with Crippen LogP contribution in [0, 0.1) is 0 Å². The summed E-state index contributed by atoms with van der Waals surface area (Å²) in [6, 6.07) is 6.49. The van der Waals surface area contributed by atoms with E-state index in [2.05, 4.69) is 20.5 Å². The number of alkyl halides is 3. The molecule has 1 fully saturated rings. The van der Waals surface area contributed by atoms with E-state index in [0.29, 0.717) is 6.54 Å². The minimum Gasteiger partial charge on any atom is -0.484 e. The first-order chi connectivity index (χ1) is 13.5. The van der Waals surface area contributed by atoms with Crippen LogP contribution in [0.1, 0.15) is 18.9 Å². The molecule has 1 aliphatic rings. The first-order valence-corrected chi connectivity index (χ1v) is 9.57. The Balaban J connectivity index is 1.74. The third-order valence-corrected chi connectivity index (χ3v) is 4.14. The summed E-state index contributed by atoms with van der Waals surface area (Å²) in [5.41, 5.74) is 0.893. The van der Waals surface area contributed by atoms with Gasteiger partial charge in [-0.25, -0.2) is 4.99 Å². The Kier molecular flexibility index (Phi) is 9.36. The van der Waals surface area contributed by atoms with Gasteiger partial charge in [0, 0.05) is 26.2 Å². The van der Waals surface area contributed by atoms with Crippen molar-refractivity contribution in [1.82, 2.24) is 15.5 Å². The van der Waals surface area contributed by atoms with Crippen LogP contribution in [0.25, 0.3) is 0 Å².